The van der Waals surface area contributed by atoms with Crippen LogP contribution < -0.4 is 5.32 Å². The molecule has 4 aliphatic rings. The van der Waals surface area contributed by atoms with E-state index in [-0.39, 0.29) is 16.9 Å². The maximum absolute atomic E-state index is 13.6. The maximum Gasteiger partial charge on any atom is 0.230 e. The van der Waals surface area contributed by atoms with Crippen LogP contribution in [0.5, 0.6) is 0 Å². The van der Waals surface area contributed by atoms with Crippen LogP contribution in [0, 0.1) is 17.3 Å². The molecule has 4 bridgehead atoms. The molecule has 9 heteroatoms. The molecule has 4 aliphatic carbocycles. The molecular formula is C23H24BrClN6O. The number of hydrogen-bond donors (Lipinski definition) is 1. The summed E-state index contributed by atoms with van der Waals surface area (Å²) in [6, 6.07) is 7.72. The maximum atomic E-state index is 13.6. The van der Waals surface area contributed by atoms with Crippen LogP contribution in [0.3, 0.4) is 0 Å². The van der Waals surface area contributed by atoms with Gasteiger partial charge in [0.05, 0.1) is 29.4 Å². The van der Waals surface area contributed by atoms with Crippen molar-refractivity contribution < 1.29 is 4.79 Å². The van der Waals surface area contributed by atoms with E-state index in [1.165, 1.54) is 6.42 Å². The number of carbonyl (C=O) groups excluding carboxylic acids is 1. The minimum absolute atomic E-state index is 0.0980. The first kappa shape index (κ1) is 20.4. The van der Waals surface area contributed by atoms with Crippen molar-refractivity contribution in [2.45, 2.75) is 50.6 Å². The number of halogens is 2. The molecule has 1 amide bonds. The number of hydrogen-bond acceptors (Lipinski definition) is 4. The van der Waals surface area contributed by atoms with Crippen molar-refractivity contribution in [2.24, 2.45) is 17.3 Å². The van der Waals surface area contributed by atoms with E-state index in [9.17, 15) is 4.79 Å². The van der Waals surface area contributed by atoms with Crippen LogP contribution in [0.25, 0.3) is 0 Å². The van der Waals surface area contributed by atoms with Crippen molar-refractivity contribution >= 4 is 39.1 Å². The molecule has 4 saturated carbocycles. The number of aromatic nitrogens is 5. The van der Waals surface area contributed by atoms with E-state index in [2.05, 4.69) is 36.4 Å². The van der Waals surface area contributed by atoms with Crippen LogP contribution in [0.1, 0.15) is 44.1 Å². The SMILES string of the molecule is O=C(Nc1cnn(Cc2ccc(Cl)cc2)c1)C12CC3CC(C1)CC(n1cnc(Br)n1)(C3)C2. The Morgan fingerprint density at radius 1 is 1.19 bits per heavy atom. The Morgan fingerprint density at radius 2 is 1.94 bits per heavy atom. The summed E-state index contributed by atoms with van der Waals surface area (Å²) < 4.78 is 4.48. The zero-order valence-corrected chi connectivity index (χ0v) is 19.9. The molecule has 0 saturated heterocycles. The van der Waals surface area contributed by atoms with Crippen LogP contribution >= 0.6 is 27.5 Å². The molecule has 1 aromatic carbocycles. The minimum Gasteiger partial charge on any atom is -0.323 e. The summed E-state index contributed by atoms with van der Waals surface area (Å²) >= 11 is 9.36. The van der Waals surface area contributed by atoms with Gasteiger partial charge >= 0.3 is 0 Å². The third-order valence-electron chi connectivity index (χ3n) is 7.61. The van der Waals surface area contributed by atoms with Gasteiger partial charge in [0.15, 0.2) is 0 Å². The third-order valence-corrected chi connectivity index (χ3v) is 8.23. The van der Waals surface area contributed by atoms with E-state index in [0.29, 0.717) is 28.1 Å². The van der Waals surface area contributed by atoms with Crippen molar-refractivity contribution in [1.82, 2.24) is 24.5 Å². The molecule has 7 rings (SSSR count). The van der Waals surface area contributed by atoms with Gasteiger partial charge in [0, 0.05) is 11.2 Å². The molecule has 2 aromatic heterocycles. The highest BCUT2D eigenvalue weighted by Gasteiger charge is 2.61. The molecule has 0 spiro atoms. The number of nitrogens with zero attached hydrogens (tertiary/aromatic N) is 5. The molecule has 166 valence electrons. The Bertz CT molecular complexity index is 1160. The number of rotatable bonds is 5. The first-order chi connectivity index (χ1) is 15.4. The highest BCUT2D eigenvalue weighted by Crippen LogP contribution is 2.64. The molecule has 32 heavy (non-hydrogen) atoms. The van der Waals surface area contributed by atoms with Crippen molar-refractivity contribution in [3.8, 4) is 0 Å². The van der Waals surface area contributed by atoms with Crippen molar-refractivity contribution in [1.29, 1.82) is 0 Å². The second-order valence-corrected chi connectivity index (χ2v) is 11.1. The topological polar surface area (TPSA) is 77.6 Å². The van der Waals surface area contributed by atoms with Gasteiger partial charge in [-0.15, -0.1) is 5.10 Å². The highest BCUT2D eigenvalue weighted by molar-refractivity contribution is 9.10. The molecule has 1 N–H and O–H groups in total. The second kappa shape index (κ2) is 7.42. The van der Waals surface area contributed by atoms with Crippen LogP contribution in [-0.4, -0.2) is 30.5 Å². The molecule has 0 radical (unpaired) electrons. The number of amides is 1. The lowest BCUT2D eigenvalue weighted by molar-refractivity contribution is -0.150. The average molecular weight is 516 g/mol. The Balaban J connectivity index is 1.21. The lowest BCUT2D eigenvalue weighted by Gasteiger charge is -2.60. The summed E-state index contributed by atoms with van der Waals surface area (Å²) in [5, 5.41) is 12.9. The van der Waals surface area contributed by atoms with Gasteiger partial charge in [-0.1, -0.05) is 23.7 Å². The van der Waals surface area contributed by atoms with Crippen molar-refractivity contribution in [3.63, 3.8) is 0 Å². The standard InChI is InChI=1S/C23H24BrClN6O/c24-21-26-14-31(29-21)23-8-16-5-17(9-23)7-22(6-16,13-23)20(32)28-19-10-27-30(12-19)11-15-1-3-18(25)4-2-15/h1-4,10,12,14,16-17H,5-9,11,13H2,(H,28,32). The molecule has 2 heterocycles. The normalized spacial score (nSPS) is 30.6. The van der Waals surface area contributed by atoms with Crippen molar-refractivity contribution in [2.75, 3.05) is 5.32 Å². The first-order valence-electron chi connectivity index (χ1n) is 11.1. The smallest absolute Gasteiger partial charge is 0.230 e. The Kier molecular flexibility index (Phi) is 4.73. The predicted molar refractivity (Wildman–Crippen MR) is 124 cm³/mol. The number of nitrogens with one attached hydrogen (secondary N) is 1. The highest BCUT2D eigenvalue weighted by atomic mass is 79.9. The summed E-state index contributed by atoms with van der Waals surface area (Å²) in [4.78, 5) is 17.9. The van der Waals surface area contributed by atoms with E-state index < -0.39 is 0 Å². The molecule has 7 nitrogen and oxygen atoms in total. The van der Waals surface area contributed by atoms with Crippen LogP contribution in [0.15, 0.2) is 47.7 Å². The van der Waals surface area contributed by atoms with E-state index in [1.54, 1.807) is 6.20 Å². The fourth-order valence-corrected chi connectivity index (χ4v) is 7.16. The van der Waals surface area contributed by atoms with Gasteiger partial charge in [0.25, 0.3) is 0 Å². The first-order valence-corrected chi connectivity index (χ1v) is 12.2. The molecule has 2 unspecified atom stereocenters. The van der Waals surface area contributed by atoms with E-state index in [4.69, 9.17) is 11.6 Å². The summed E-state index contributed by atoms with van der Waals surface area (Å²) in [6.07, 6.45) is 11.6. The lowest BCUT2D eigenvalue weighted by Crippen LogP contribution is -2.60. The quantitative estimate of drug-likeness (QED) is 0.526. The fourth-order valence-electron chi connectivity index (χ4n) is 6.77. The Hall–Kier alpha value is -2.19. The second-order valence-electron chi connectivity index (χ2n) is 9.93. The number of anilines is 1. The minimum atomic E-state index is -0.346. The molecule has 2 atom stereocenters. The van der Waals surface area contributed by atoms with Crippen molar-refractivity contribution in [3.05, 3.63) is 58.3 Å². The molecular weight excluding hydrogens is 492 g/mol. The monoisotopic (exact) mass is 514 g/mol. The lowest BCUT2D eigenvalue weighted by atomic mass is 9.46. The van der Waals surface area contributed by atoms with Gasteiger partial charge < -0.3 is 5.32 Å². The zero-order valence-electron chi connectivity index (χ0n) is 17.5. The summed E-state index contributed by atoms with van der Waals surface area (Å²) in [5.74, 6) is 1.26. The largest absolute Gasteiger partial charge is 0.323 e. The van der Waals surface area contributed by atoms with E-state index in [0.717, 1.165) is 43.4 Å². The summed E-state index contributed by atoms with van der Waals surface area (Å²) in [6.45, 7) is 0.632. The van der Waals surface area contributed by atoms with E-state index >= 15 is 0 Å². The van der Waals surface area contributed by atoms with Gasteiger partial charge in [0.2, 0.25) is 10.6 Å². The summed E-state index contributed by atoms with van der Waals surface area (Å²) in [7, 11) is 0. The molecule has 3 aromatic rings. The zero-order chi connectivity index (χ0) is 21.9. The summed E-state index contributed by atoms with van der Waals surface area (Å²) in [5.41, 5.74) is 1.41. The third kappa shape index (κ3) is 3.48. The number of benzene rings is 1. The Morgan fingerprint density at radius 3 is 2.62 bits per heavy atom. The molecule has 4 fully saturated rings. The Labute approximate surface area is 199 Å². The van der Waals surface area contributed by atoms with Crippen LogP contribution in [0.2, 0.25) is 5.02 Å². The van der Waals surface area contributed by atoms with Gasteiger partial charge in [-0.2, -0.15) is 5.10 Å². The molecule has 0 aliphatic heterocycles. The fraction of sp³-hybridized carbons (Fsp3) is 0.478. The van der Waals surface area contributed by atoms with Crippen LogP contribution in [0.4, 0.5) is 5.69 Å². The van der Waals surface area contributed by atoms with Crippen LogP contribution in [-0.2, 0) is 16.9 Å². The van der Waals surface area contributed by atoms with Gasteiger partial charge in [0.1, 0.15) is 6.33 Å². The van der Waals surface area contributed by atoms with Gasteiger partial charge in [-0.25, -0.2) is 9.67 Å². The van der Waals surface area contributed by atoms with Gasteiger partial charge in [-0.05, 0) is 84.0 Å². The average Bonchev–Trinajstić information content (AvgIpc) is 3.38. The van der Waals surface area contributed by atoms with E-state index in [1.807, 2.05) is 46.2 Å². The predicted octanol–water partition coefficient (Wildman–Crippen LogP) is 4.87. The number of carbonyl (C=O) groups is 1. The van der Waals surface area contributed by atoms with Gasteiger partial charge in [-0.3, -0.25) is 9.48 Å².